The number of fused-ring (bicyclic) bond motifs is 1. The maximum atomic E-state index is 12.9. The zero-order valence-electron chi connectivity index (χ0n) is 16.6. The SMILES string of the molecule is O=C(NNC(=O)c1cc(-c2cccs2)nc2ccccc12)c1ccc(-n2cccn2)nc1. The molecule has 9 heteroatoms. The number of nitrogens with zero attached hydrogens (tertiary/aromatic N) is 4. The van der Waals surface area contributed by atoms with Gasteiger partial charge < -0.3 is 0 Å². The van der Waals surface area contributed by atoms with Gasteiger partial charge in [-0.2, -0.15) is 5.10 Å². The molecule has 1 aromatic carbocycles. The van der Waals surface area contributed by atoms with E-state index >= 15 is 0 Å². The third kappa shape index (κ3) is 3.84. The number of para-hydroxylation sites is 1. The summed E-state index contributed by atoms with van der Waals surface area (Å²) < 4.78 is 1.59. The van der Waals surface area contributed by atoms with Gasteiger partial charge in [0.15, 0.2) is 5.82 Å². The van der Waals surface area contributed by atoms with Crippen molar-refractivity contribution >= 4 is 34.1 Å². The molecule has 0 spiro atoms. The fourth-order valence-corrected chi connectivity index (χ4v) is 3.91. The third-order valence-electron chi connectivity index (χ3n) is 4.77. The molecule has 8 nitrogen and oxygen atoms in total. The highest BCUT2D eigenvalue weighted by molar-refractivity contribution is 7.13. The largest absolute Gasteiger partial charge is 0.271 e. The lowest BCUT2D eigenvalue weighted by Crippen LogP contribution is -2.41. The van der Waals surface area contributed by atoms with Gasteiger partial charge in [-0.25, -0.2) is 14.6 Å². The van der Waals surface area contributed by atoms with Gasteiger partial charge in [0.25, 0.3) is 11.8 Å². The molecule has 0 unspecified atom stereocenters. The van der Waals surface area contributed by atoms with E-state index in [0.717, 1.165) is 4.88 Å². The summed E-state index contributed by atoms with van der Waals surface area (Å²) >= 11 is 1.54. The summed E-state index contributed by atoms with van der Waals surface area (Å²) in [5, 5.41) is 6.75. The molecular formula is C23H16N6O2S. The number of carbonyl (C=O) groups excluding carboxylic acids is 2. The first-order valence-corrected chi connectivity index (χ1v) is 10.6. The molecule has 32 heavy (non-hydrogen) atoms. The number of pyridine rings is 2. The van der Waals surface area contributed by atoms with E-state index in [-0.39, 0.29) is 0 Å². The predicted molar refractivity (Wildman–Crippen MR) is 121 cm³/mol. The summed E-state index contributed by atoms with van der Waals surface area (Å²) in [5.41, 5.74) is 7.08. The van der Waals surface area contributed by atoms with Crippen molar-refractivity contribution in [2.45, 2.75) is 0 Å². The van der Waals surface area contributed by atoms with Crippen LogP contribution < -0.4 is 10.9 Å². The molecule has 156 valence electrons. The lowest BCUT2D eigenvalue weighted by atomic mass is 10.1. The van der Waals surface area contributed by atoms with Gasteiger partial charge in [-0.3, -0.25) is 20.4 Å². The van der Waals surface area contributed by atoms with E-state index in [1.807, 2.05) is 41.8 Å². The molecule has 4 heterocycles. The molecule has 5 rings (SSSR count). The topological polar surface area (TPSA) is 102 Å². The molecule has 0 atom stereocenters. The molecular weight excluding hydrogens is 424 g/mol. The van der Waals surface area contributed by atoms with Gasteiger partial charge in [0.05, 0.1) is 27.2 Å². The first-order valence-electron chi connectivity index (χ1n) is 9.69. The van der Waals surface area contributed by atoms with E-state index in [4.69, 9.17) is 0 Å². The monoisotopic (exact) mass is 440 g/mol. The van der Waals surface area contributed by atoms with Crippen LogP contribution in [0.4, 0.5) is 0 Å². The van der Waals surface area contributed by atoms with Crippen LogP contribution in [-0.2, 0) is 0 Å². The number of carbonyl (C=O) groups is 2. The summed E-state index contributed by atoms with van der Waals surface area (Å²) in [6.07, 6.45) is 4.82. The van der Waals surface area contributed by atoms with Crippen molar-refractivity contribution in [1.29, 1.82) is 0 Å². The van der Waals surface area contributed by atoms with Crippen LogP contribution in [0.15, 0.2) is 84.6 Å². The molecule has 0 saturated heterocycles. The van der Waals surface area contributed by atoms with Gasteiger partial charge in [0.2, 0.25) is 0 Å². The maximum Gasteiger partial charge on any atom is 0.271 e. The Morgan fingerprint density at radius 2 is 1.81 bits per heavy atom. The first-order chi connectivity index (χ1) is 15.7. The van der Waals surface area contributed by atoms with Crippen LogP contribution in [0.25, 0.3) is 27.3 Å². The van der Waals surface area contributed by atoms with Gasteiger partial charge in [-0.15, -0.1) is 11.3 Å². The van der Waals surface area contributed by atoms with Crippen molar-refractivity contribution in [3.05, 3.63) is 95.8 Å². The smallest absolute Gasteiger partial charge is 0.267 e. The number of hydrazine groups is 1. The van der Waals surface area contributed by atoms with E-state index < -0.39 is 11.8 Å². The minimum Gasteiger partial charge on any atom is -0.267 e. The van der Waals surface area contributed by atoms with Crippen molar-refractivity contribution in [2.75, 3.05) is 0 Å². The number of amides is 2. The predicted octanol–water partition coefficient (Wildman–Crippen LogP) is 3.62. The van der Waals surface area contributed by atoms with Gasteiger partial charge >= 0.3 is 0 Å². The Bertz CT molecular complexity index is 1400. The Kier molecular flexibility index (Phi) is 5.14. The second-order valence-corrected chi connectivity index (χ2v) is 7.76. The fourth-order valence-electron chi connectivity index (χ4n) is 3.23. The van der Waals surface area contributed by atoms with E-state index in [2.05, 4.69) is 25.9 Å². The second kappa shape index (κ2) is 8.40. The van der Waals surface area contributed by atoms with Crippen LogP contribution in [0.2, 0.25) is 0 Å². The van der Waals surface area contributed by atoms with Crippen LogP contribution in [0.3, 0.4) is 0 Å². The van der Waals surface area contributed by atoms with E-state index in [1.54, 1.807) is 52.7 Å². The van der Waals surface area contributed by atoms with Gasteiger partial charge in [0, 0.05) is 24.0 Å². The number of nitrogens with one attached hydrogen (secondary N) is 2. The average Bonchev–Trinajstić information content (AvgIpc) is 3.56. The minimum absolute atomic E-state index is 0.306. The Hall–Kier alpha value is -4.37. The van der Waals surface area contributed by atoms with E-state index in [9.17, 15) is 9.59 Å². The third-order valence-corrected chi connectivity index (χ3v) is 5.67. The molecule has 5 aromatic rings. The highest BCUT2D eigenvalue weighted by Crippen LogP contribution is 2.27. The summed E-state index contributed by atoms with van der Waals surface area (Å²) in [5.74, 6) is -0.328. The number of hydrogen-bond donors (Lipinski definition) is 2. The molecule has 0 aliphatic rings. The molecule has 4 aromatic heterocycles. The number of rotatable bonds is 4. The van der Waals surface area contributed by atoms with Crippen molar-refractivity contribution in [2.24, 2.45) is 0 Å². The molecule has 0 saturated carbocycles. The van der Waals surface area contributed by atoms with Crippen molar-refractivity contribution in [3.8, 4) is 16.4 Å². The average molecular weight is 440 g/mol. The van der Waals surface area contributed by atoms with Crippen molar-refractivity contribution in [1.82, 2.24) is 30.6 Å². The van der Waals surface area contributed by atoms with Crippen LogP contribution in [0, 0.1) is 0 Å². The van der Waals surface area contributed by atoms with Crippen molar-refractivity contribution < 1.29 is 9.59 Å². The quantitative estimate of drug-likeness (QED) is 0.416. The second-order valence-electron chi connectivity index (χ2n) is 6.81. The summed E-state index contributed by atoms with van der Waals surface area (Å²) in [6.45, 7) is 0. The molecule has 0 fully saturated rings. The normalized spacial score (nSPS) is 10.8. The Morgan fingerprint density at radius 3 is 2.56 bits per heavy atom. The molecule has 0 radical (unpaired) electrons. The van der Waals surface area contributed by atoms with Crippen LogP contribution in [0.5, 0.6) is 0 Å². The maximum absolute atomic E-state index is 12.9. The highest BCUT2D eigenvalue weighted by Gasteiger charge is 2.16. The summed E-state index contributed by atoms with van der Waals surface area (Å²) in [4.78, 5) is 35.3. The number of thiophene rings is 1. The van der Waals surface area contributed by atoms with E-state index in [1.165, 1.54) is 6.20 Å². The standard InChI is InChI=1S/C23H16N6O2S/c30-22(15-8-9-21(24-14-15)29-11-4-10-25-29)27-28-23(31)17-13-19(20-7-3-12-32-20)26-18-6-2-1-5-16(17)18/h1-14H,(H,27,30)(H,28,31). The lowest BCUT2D eigenvalue weighted by Gasteiger charge is -2.11. The molecule has 0 aliphatic heterocycles. The van der Waals surface area contributed by atoms with Gasteiger partial charge in [-0.05, 0) is 41.8 Å². The Morgan fingerprint density at radius 1 is 0.938 bits per heavy atom. The zero-order valence-corrected chi connectivity index (χ0v) is 17.4. The van der Waals surface area contributed by atoms with Crippen LogP contribution >= 0.6 is 11.3 Å². The molecule has 0 aliphatic carbocycles. The Labute approximate surface area is 186 Å². The molecule has 0 bridgehead atoms. The fraction of sp³-hybridized carbons (Fsp3) is 0. The van der Waals surface area contributed by atoms with Crippen LogP contribution in [-0.4, -0.2) is 31.6 Å². The summed E-state index contributed by atoms with van der Waals surface area (Å²) in [7, 11) is 0. The summed E-state index contributed by atoms with van der Waals surface area (Å²) in [6, 6.07) is 18.1. The van der Waals surface area contributed by atoms with Crippen LogP contribution in [0.1, 0.15) is 20.7 Å². The number of aromatic nitrogens is 4. The molecule has 2 amide bonds. The number of benzene rings is 1. The Balaban J connectivity index is 1.35. The zero-order chi connectivity index (χ0) is 21.9. The number of hydrogen-bond acceptors (Lipinski definition) is 6. The molecule has 2 N–H and O–H groups in total. The van der Waals surface area contributed by atoms with Crippen molar-refractivity contribution in [3.63, 3.8) is 0 Å². The van der Waals surface area contributed by atoms with Gasteiger partial charge in [-0.1, -0.05) is 24.3 Å². The lowest BCUT2D eigenvalue weighted by molar-refractivity contribution is 0.0847. The minimum atomic E-state index is -0.477. The highest BCUT2D eigenvalue weighted by atomic mass is 32.1. The van der Waals surface area contributed by atoms with Gasteiger partial charge in [0.1, 0.15) is 0 Å². The van der Waals surface area contributed by atoms with E-state index in [0.29, 0.717) is 33.5 Å². The first kappa shape index (κ1) is 19.6.